The molecule has 2 heterocycles. The van der Waals surface area contributed by atoms with Gasteiger partial charge in [0.25, 0.3) is 0 Å². The molecule has 0 amide bonds. The molecule has 26 heavy (non-hydrogen) atoms. The zero-order valence-electron chi connectivity index (χ0n) is 13.9. The fourth-order valence-corrected chi connectivity index (χ4v) is 4.75. The van der Waals surface area contributed by atoms with Crippen LogP contribution in [0.5, 0.6) is 11.8 Å². The molecule has 1 aromatic heterocycles. The lowest BCUT2D eigenvalue weighted by molar-refractivity contribution is 0.119. The highest BCUT2D eigenvalue weighted by molar-refractivity contribution is 7.89. The summed E-state index contributed by atoms with van der Waals surface area (Å²) in [6.07, 6.45) is 3.85. The number of ether oxygens (including phenoxy) is 2. The van der Waals surface area contributed by atoms with Crippen LogP contribution in [0, 0.1) is 0 Å². The van der Waals surface area contributed by atoms with Gasteiger partial charge in [0.15, 0.2) is 0 Å². The fourth-order valence-electron chi connectivity index (χ4n) is 2.72. The largest absolute Gasteiger partial charge is 0.495 e. The van der Waals surface area contributed by atoms with Crippen molar-refractivity contribution in [3.05, 3.63) is 40.6 Å². The molecule has 1 fully saturated rings. The van der Waals surface area contributed by atoms with Crippen LogP contribution in [0.4, 0.5) is 0 Å². The molecule has 0 saturated carbocycles. The predicted molar refractivity (Wildman–Crippen MR) is 97.5 cm³/mol. The van der Waals surface area contributed by atoms with Crippen molar-refractivity contribution in [3.63, 3.8) is 0 Å². The zero-order valence-corrected chi connectivity index (χ0v) is 16.3. The van der Waals surface area contributed by atoms with Gasteiger partial charge < -0.3 is 9.47 Å². The molecular weight excluding hydrogens is 401 g/mol. The number of hydrogen-bond donors (Lipinski definition) is 0. The Hall–Kier alpha value is -1.61. The van der Waals surface area contributed by atoms with Gasteiger partial charge in [-0.1, -0.05) is 23.2 Å². The van der Waals surface area contributed by atoms with E-state index < -0.39 is 10.0 Å². The standard InChI is InChI=1S/C16H17Cl2N3O4S/c1-24-14-5-4-11(17)7-15(14)26(22,23)21-6-2-3-13(10-21)25-16-19-8-12(18)9-20-16/h4-5,7-9,13H,2-3,6,10H2,1H3/t13-/m1/s1. The highest BCUT2D eigenvalue weighted by atomic mass is 35.5. The summed E-state index contributed by atoms with van der Waals surface area (Å²) in [6.45, 7) is 0.573. The number of sulfonamides is 1. The number of halogens is 2. The summed E-state index contributed by atoms with van der Waals surface area (Å²) in [5.74, 6) is 0.249. The third kappa shape index (κ3) is 4.20. The van der Waals surface area contributed by atoms with Crippen LogP contribution in [0.3, 0.4) is 0 Å². The van der Waals surface area contributed by atoms with Crippen LogP contribution in [-0.2, 0) is 10.0 Å². The van der Waals surface area contributed by atoms with Crippen molar-refractivity contribution in [2.45, 2.75) is 23.8 Å². The third-order valence-corrected chi connectivity index (χ3v) is 6.27. The number of benzene rings is 1. The Kier molecular flexibility index (Phi) is 5.86. The van der Waals surface area contributed by atoms with E-state index in [2.05, 4.69) is 9.97 Å². The van der Waals surface area contributed by atoms with Crippen molar-refractivity contribution < 1.29 is 17.9 Å². The second kappa shape index (κ2) is 7.96. The van der Waals surface area contributed by atoms with Crippen molar-refractivity contribution in [1.82, 2.24) is 14.3 Å². The van der Waals surface area contributed by atoms with E-state index in [1.807, 2.05) is 0 Å². The van der Waals surface area contributed by atoms with Crippen LogP contribution < -0.4 is 9.47 Å². The SMILES string of the molecule is COc1ccc(Cl)cc1S(=O)(=O)N1CCC[C@@H](Oc2ncc(Cl)cn2)C1. The van der Waals surface area contributed by atoms with Crippen LogP contribution in [0.15, 0.2) is 35.5 Å². The van der Waals surface area contributed by atoms with E-state index in [1.165, 1.54) is 35.9 Å². The zero-order chi connectivity index (χ0) is 18.7. The first kappa shape index (κ1) is 19.2. The van der Waals surface area contributed by atoms with Crippen LogP contribution in [0.2, 0.25) is 10.0 Å². The number of aromatic nitrogens is 2. The minimum atomic E-state index is -3.78. The van der Waals surface area contributed by atoms with Crippen LogP contribution >= 0.6 is 23.2 Å². The molecule has 1 aliphatic rings. The summed E-state index contributed by atoms with van der Waals surface area (Å²) < 4.78 is 38.3. The predicted octanol–water partition coefficient (Wildman–Crippen LogP) is 3.02. The Bertz CT molecular complexity index is 878. The lowest BCUT2D eigenvalue weighted by Crippen LogP contribution is -2.44. The van der Waals surface area contributed by atoms with Gasteiger partial charge >= 0.3 is 6.01 Å². The average Bonchev–Trinajstić information content (AvgIpc) is 2.64. The van der Waals surface area contributed by atoms with Gasteiger partial charge in [-0.15, -0.1) is 0 Å². The molecule has 7 nitrogen and oxygen atoms in total. The first-order valence-corrected chi connectivity index (χ1v) is 10.1. The number of rotatable bonds is 5. The van der Waals surface area contributed by atoms with Gasteiger partial charge in [-0.05, 0) is 31.0 Å². The molecular formula is C16H17Cl2N3O4S. The average molecular weight is 418 g/mol. The summed E-state index contributed by atoms with van der Waals surface area (Å²) >= 11 is 11.7. The van der Waals surface area contributed by atoms with Crippen molar-refractivity contribution in [2.24, 2.45) is 0 Å². The fraction of sp³-hybridized carbons (Fsp3) is 0.375. The van der Waals surface area contributed by atoms with Gasteiger partial charge in [0.2, 0.25) is 10.0 Å². The monoisotopic (exact) mass is 417 g/mol. The van der Waals surface area contributed by atoms with Gasteiger partial charge in [-0.3, -0.25) is 0 Å². The Morgan fingerprint density at radius 2 is 1.92 bits per heavy atom. The van der Waals surface area contributed by atoms with E-state index in [4.69, 9.17) is 32.7 Å². The molecule has 1 aliphatic heterocycles. The first-order chi connectivity index (χ1) is 12.4. The van der Waals surface area contributed by atoms with E-state index in [9.17, 15) is 8.42 Å². The lowest BCUT2D eigenvalue weighted by atomic mass is 10.1. The molecule has 0 radical (unpaired) electrons. The molecule has 2 aromatic rings. The number of nitrogens with zero attached hydrogens (tertiary/aromatic N) is 3. The molecule has 0 bridgehead atoms. The maximum atomic E-state index is 13.0. The Balaban J connectivity index is 1.80. The molecule has 0 unspecified atom stereocenters. The second-order valence-corrected chi connectivity index (χ2v) is 8.50. The van der Waals surface area contributed by atoms with Gasteiger partial charge in [0, 0.05) is 11.6 Å². The maximum absolute atomic E-state index is 13.0. The number of piperidine rings is 1. The van der Waals surface area contributed by atoms with E-state index in [0.717, 1.165) is 0 Å². The van der Waals surface area contributed by atoms with Gasteiger partial charge in [-0.25, -0.2) is 18.4 Å². The summed E-state index contributed by atoms with van der Waals surface area (Å²) in [6, 6.07) is 4.68. The molecule has 0 spiro atoms. The molecule has 0 N–H and O–H groups in total. The van der Waals surface area contributed by atoms with Gasteiger partial charge in [0.05, 0.1) is 31.1 Å². The van der Waals surface area contributed by atoms with E-state index in [0.29, 0.717) is 29.4 Å². The topological polar surface area (TPSA) is 81.6 Å². The molecule has 140 valence electrons. The van der Waals surface area contributed by atoms with Crippen molar-refractivity contribution in [3.8, 4) is 11.8 Å². The summed E-state index contributed by atoms with van der Waals surface area (Å²) in [4.78, 5) is 8.01. The molecule has 1 aromatic carbocycles. The summed E-state index contributed by atoms with van der Waals surface area (Å²) in [5, 5.41) is 0.724. The van der Waals surface area contributed by atoms with Crippen molar-refractivity contribution in [2.75, 3.05) is 20.2 Å². The quantitative estimate of drug-likeness (QED) is 0.743. The highest BCUT2D eigenvalue weighted by Crippen LogP contribution is 2.31. The minimum absolute atomic E-state index is 0.0379. The maximum Gasteiger partial charge on any atom is 0.316 e. The Morgan fingerprint density at radius 3 is 2.62 bits per heavy atom. The number of methoxy groups -OCH3 is 1. The van der Waals surface area contributed by atoms with Crippen molar-refractivity contribution in [1.29, 1.82) is 0 Å². The third-order valence-electron chi connectivity index (χ3n) is 3.95. The summed E-state index contributed by atoms with van der Waals surface area (Å²) in [7, 11) is -2.36. The highest BCUT2D eigenvalue weighted by Gasteiger charge is 2.33. The number of hydrogen-bond acceptors (Lipinski definition) is 6. The van der Waals surface area contributed by atoms with Gasteiger partial charge in [0.1, 0.15) is 16.7 Å². The van der Waals surface area contributed by atoms with Gasteiger partial charge in [-0.2, -0.15) is 4.31 Å². The van der Waals surface area contributed by atoms with Crippen LogP contribution in [0.1, 0.15) is 12.8 Å². The minimum Gasteiger partial charge on any atom is -0.495 e. The Morgan fingerprint density at radius 1 is 1.19 bits per heavy atom. The lowest BCUT2D eigenvalue weighted by Gasteiger charge is -2.31. The normalized spacial score (nSPS) is 18.5. The Labute approximate surface area is 161 Å². The molecule has 1 saturated heterocycles. The second-order valence-electron chi connectivity index (χ2n) is 5.72. The van der Waals surface area contributed by atoms with E-state index in [1.54, 1.807) is 6.07 Å². The first-order valence-electron chi connectivity index (χ1n) is 7.88. The van der Waals surface area contributed by atoms with Crippen molar-refractivity contribution >= 4 is 33.2 Å². The van der Waals surface area contributed by atoms with E-state index >= 15 is 0 Å². The smallest absolute Gasteiger partial charge is 0.316 e. The summed E-state index contributed by atoms with van der Waals surface area (Å²) in [5.41, 5.74) is 0. The molecule has 1 atom stereocenters. The van der Waals surface area contributed by atoms with Crippen LogP contribution in [-0.4, -0.2) is 49.0 Å². The molecule has 3 rings (SSSR count). The van der Waals surface area contributed by atoms with Crippen LogP contribution in [0.25, 0.3) is 0 Å². The molecule has 0 aliphatic carbocycles. The molecule has 10 heteroatoms. The van der Waals surface area contributed by atoms with E-state index in [-0.39, 0.29) is 29.3 Å².